The van der Waals surface area contributed by atoms with E-state index in [9.17, 15) is 14.9 Å². The molecule has 94 valence electrons. The van der Waals surface area contributed by atoms with E-state index in [1.807, 2.05) is 6.92 Å². The van der Waals surface area contributed by atoms with Crippen LogP contribution in [0.1, 0.15) is 23.0 Å². The van der Waals surface area contributed by atoms with Crippen LogP contribution >= 0.6 is 22.9 Å². The molecule has 0 bridgehead atoms. The number of hydrogen-bond acceptors (Lipinski definition) is 4. The molecule has 5 nitrogen and oxygen atoms in total. The van der Waals surface area contributed by atoms with Crippen molar-refractivity contribution >= 4 is 33.8 Å². The first kappa shape index (κ1) is 13.9. The monoisotopic (exact) mass is 276 g/mol. The smallest absolute Gasteiger partial charge is 0.324 e. The van der Waals surface area contributed by atoms with Gasteiger partial charge in [-0.05, 0) is 19.4 Å². The Bertz CT molecular complexity index is 419. The van der Waals surface area contributed by atoms with Crippen LogP contribution in [-0.2, 0) is 0 Å². The molecule has 0 aliphatic heterocycles. The fourth-order valence-electron chi connectivity index (χ4n) is 1.20. The van der Waals surface area contributed by atoms with Gasteiger partial charge >= 0.3 is 5.00 Å². The molecule has 1 aromatic rings. The lowest BCUT2D eigenvalue weighted by molar-refractivity contribution is -0.380. The van der Waals surface area contributed by atoms with Crippen molar-refractivity contribution in [2.45, 2.75) is 18.7 Å². The van der Waals surface area contributed by atoms with Gasteiger partial charge in [-0.15, -0.1) is 11.6 Å². The SMILES string of the molecule is CC(Cl)CCN(C)C(=O)c1ccc([N+](=O)[O-])s1. The van der Waals surface area contributed by atoms with Crippen molar-refractivity contribution in [1.82, 2.24) is 4.90 Å². The minimum atomic E-state index is -0.498. The number of nitrogens with zero attached hydrogens (tertiary/aromatic N) is 2. The number of carbonyl (C=O) groups is 1. The Kier molecular flexibility index (Phi) is 4.89. The average Bonchev–Trinajstić information content (AvgIpc) is 2.73. The second kappa shape index (κ2) is 5.97. The third-order valence-electron chi connectivity index (χ3n) is 2.19. The molecule has 0 saturated heterocycles. The summed E-state index contributed by atoms with van der Waals surface area (Å²) >= 11 is 6.68. The van der Waals surface area contributed by atoms with Crippen molar-refractivity contribution in [3.63, 3.8) is 0 Å². The summed E-state index contributed by atoms with van der Waals surface area (Å²) in [7, 11) is 1.66. The maximum Gasteiger partial charge on any atom is 0.324 e. The summed E-state index contributed by atoms with van der Waals surface area (Å²) in [5.74, 6) is -0.208. The number of halogens is 1. The Morgan fingerprint density at radius 2 is 2.29 bits per heavy atom. The van der Waals surface area contributed by atoms with Crippen LogP contribution in [0.25, 0.3) is 0 Å². The molecule has 0 saturated carbocycles. The largest absolute Gasteiger partial charge is 0.341 e. The van der Waals surface area contributed by atoms with Gasteiger partial charge in [0.05, 0.1) is 9.80 Å². The molecular weight excluding hydrogens is 264 g/mol. The van der Waals surface area contributed by atoms with E-state index >= 15 is 0 Å². The van der Waals surface area contributed by atoms with Crippen LogP contribution in [0.3, 0.4) is 0 Å². The van der Waals surface area contributed by atoms with Gasteiger partial charge < -0.3 is 4.90 Å². The molecule has 0 aromatic carbocycles. The van der Waals surface area contributed by atoms with Gasteiger partial charge in [-0.1, -0.05) is 11.3 Å². The van der Waals surface area contributed by atoms with Gasteiger partial charge in [-0.3, -0.25) is 14.9 Å². The van der Waals surface area contributed by atoms with Gasteiger partial charge in [0.2, 0.25) is 0 Å². The number of carbonyl (C=O) groups excluding carboxylic acids is 1. The van der Waals surface area contributed by atoms with E-state index in [1.165, 1.54) is 17.0 Å². The summed E-state index contributed by atoms with van der Waals surface area (Å²) in [4.78, 5) is 23.8. The first-order valence-electron chi connectivity index (χ1n) is 5.05. The highest BCUT2D eigenvalue weighted by Gasteiger charge is 2.18. The van der Waals surface area contributed by atoms with E-state index in [0.29, 0.717) is 17.8 Å². The second-order valence-corrected chi connectivity index (χ2v) is 5.50. The van der Waals surface area contributed by atoms with Crippen LogP contribution in [0.4, 0.5) is 5.00 Å². The quantitative estimate of drug-likeness (QED) is 0.472. The normalized spacial score (nSPS) is 12.2. The molecule has 0 N–H and O–H groups in total. The molecule has 1 heterocycles. The van der Waals surface area contributed by atoms with Crippen molar-refractivity contribution in [3.8, 4) is 0 Å². The Hall–Kier alpha value is -1.14. The molecule has 1 amide bonds. The number of hydrogen-bond donors (Lipinski definition) is 0. The lowest BCUT2D eigenvalue weighted by Crippen LogP contribution is -2.28. The average molecular weight is 277 g/mol. The topological polar surface area (TPSA) is 63.5 Å². The molecule has 17 heavy (non-hydrogen) atoms. The summed E-state index contributed by atoms with van der Waals surface area (Å²) < 4.78 is 0. The number of nitro groups is 1. The first-order chi connectivity index (χ1) is 7.91. The molecular formula is C10H13ClN2O3S. The summed E-state index contributed by atoms with van der Waals surface area (Å²) in [6, 6.07) is 2.82. The Balaban J connectivity index is 2.65. The first-order valence-corrected chi connectivity index (χ1v) is 6.31. The number of alkyl halides is 1. The van der Waals surface area contributed by atoms with E-state index in [0.717, 1.165) is 11.3 Å². The fourth-order valence-corrected chi connectivity index (χ4v) is 2.11. The Labute approximate surface area is 108 Å². The molecule has 0 fully saturated rings. The van der Waals surface area contributed by atoms with Crippen molar-refractivity contribution < 1.29 is 9.72 Å². The molecule has 0 radical (unpaired) electrons. The fraction of sp³-hybridized carbons (Fsp3) is 0.500. The molecule has 1 atom stereocenters. The van der Waals surface area contributed by atoms with E-state index in [4.69, 9.17) is 11.6 Å². The van der Waals surface area contributed by atoms with Crippen LogP contribution in [-0.4, -0.2) is 34.7 Å². The third kappa shape index (κ3) is 3.98. The zero-order valence-electron chi connectivity index (χ0n) is 9.55. The van der Waals surface area contributed by atoms with Crippen LogP contribution < -0.4 is 0 Å². The van der Waals surface area contributed by atoms with Gasteiger partial charge in [0.1, 0.15) is 0 Å². The van der Waals surface area contributed by atoms with E-state index < -0.39 is 4.92 Å². The molecule has 0 aliphatic carbocycles. The highest BCUT2D eigenvalue weighted by molar-refractivity contribution is 7.17. The molecule has 1 aromatic heterocycles. The highest BCUT2D eigenvalue weighted by Crippen LogP contribution is 2.24. The maximum atomic E-state index is 11.9. The summed E-state index contributed by atoms with van der Waals surface area (Å²) in [6.45, 7) is 2.39. The Morgan fingerprint density at radius 1 is 1.65 bits per heavy atom. The summed E-state index contributed by atoms with van der Waals surface area (Å²) in [6.07, 6.45) is 0.692. The van der Waals surface area contributed by atoms with Crippen molar-refractivity contribution in [2.24, 2.45) is 0 Å². The minimum Gasteiger partial charge on any atom is -0.341 e. The van der Waals surface area contributed by atoms with Crippen molar-refractivity contribution in [2.75, 3.05) is 13.6 Å². The van der Waals surface area contributed by atoms with Crippen LogP contribution in [0.2, 0.25) is 0 Å². The zero-order chi connectivity index (χ0) is 13.0. The van der Waals surface area contributed by atoms with E-state index in [-0.39, 0.29) is 16.3 Å². The van der Waals surface area contributed by atoms with Gasteiger partial charge in [0.15, 0.2) is 0 Å². The third-order valence-corrected chi connectivity index (χ3v) is 3.43. The van der Waals surface area contributed by atoms with Crippen molar-refractivity contribution in [1.29, 1.82) is 0 Å². The maximum absolute atomic E-state index is 11.9. The van der Waals surface area contributed by atoms with Gasteiger partial charge in [0, 0.05) is 25.0 Å². The number of rotatable bonds is 5. The molecule has 0 aliphatic rings. The number of amides is 1. The standard InChI is InChI=1S/C10H13ClN2O3S/c1-7(11)5-6-12(2)10(14)8-3-4-9(17-8)13(15)16/h3-4,7H,5-6H2,1-2H3. The zero-order valence-corrected chi connectivity index (χ0v) is 11.1. The Morgan fingerprint density at radius 3 is 2.76 bits per heavy atom. The minimum absolute atomic E-state index is 0.00271. The molecule has 0 spiro atoms. The summed E-state index contributed by atoms with van der Waals surface area (Å²) in [5, 5.41) is 10.5. The van der Waals surface area contributed by atoms with Gasteiger partial charge in [-0.25, -0.2) is 0 Å². The molecule has 1 unspecified atom stereocenters. The van der Waals surface area contributed by atoms with Crippen molar-refractivity contribution in [3.05, 3.63) is 27.1 Å². The van der Waals surface area contributed by atoms with Crippen LogP contribution in [0, 0.1) is 10.1 Å². The lowest BCUT2D eigenvalue weighted by atomic mass is 10.3. The second-order valence-electron chi connectivity index (χ2n) is 3.69. The van der Waals surface area contributed by atoms with Crippen LogP contribution in [0.15, 0.2) is 12.1 Å². The predicted octanol–water partition coefficient (Wildman–Crippen LogP) is 2.75. The van der Waals surface area contributed by atoms with E-state index in [2.05, 4.69) is 0 Å². The predicted molar refractivity (Wildman–Crippen MR) is 67.9 cm³/mol. The highest BCUT2D eigenvalue weighted by atomic mass is 35.5. The lowest BCUT2D eigenvalue weighted by Gasteiger charge is -2.16. The molecule has 7 heteroatoms. The van der Waals surface area contributed by atoms with Gasteiger partial charge in [0.25, 0.3) is 5.91 Å². The number of thiophene rings is 1. The van der Waals surface area contributed by atoms with Gasteiger partial charge in [-0.2, -0.15) is 0 Å². The van der Waals surface area contributed by atoms with E-state index in [1.54, 1.807) is 7.05 Å². The molecule has 1 rings (SSSR count). The summed E-state index contributed by atoms with van der Waals surface area (Å²) in [5.41, 5.74) is 0. The van der Waals surface area contributed by atoms with Crippen LogP contribution in [0.5, 0.6) is 0 Å².